The Bertz CT molecular complexity index is 523. The monoisotopic (exact) mass is 324 g/mol. The lowest BCUT2D eigenvalue weighted by Gasteiger charge is -2.29. The van der Waals surface area contributed by atoms with E-state index in [0.717, 1.165) is 25.0 Å². The summed E-state index contributed by atoms with van der Waals surface area (Å²) < 4.78 is 1.89. The van der Waals surface area contributed by atoms with Crippen LogP contribution >= 0.6 is 0 Å². The van der Waals surface area contributed by atoms with E-state index in [2.05, 4.69) is 22.7 Å². The summed E-state index contributed by atoms with van der Waals surface area (Å²) >= 11 is 0. The van der Waals surface area contributed by atoms with Gasteiger partial charge in [0.1, 0.15) is 0 Å². The van der Waals surface area contributed by atoms with E-state index in [1.54, 1.807) is 6.92 Å². The van der Waals surface area contributed by atoms with Gasteiger partial charge in [-0.05, 0) is 45.1 Å². The Hall–Kier alpha value is -1.56. The molecular weight excluding hydrogens is 292 g/mol. The second-order valence-electron chi connectivity index (χ2n) is 6.65. The molecule has 6 nitrogen and oxygen atoms in total. The number of aromatic nitrogens is 2. The molecule has 1 heterocycles. The first-order chi connectivity index (χ1) is 10.7. The van der Waals surface area contributed by atoms with Gasteiger partial charge >= 0.3 is 6.03 Å². The van der Waals surface area contributed by atoms with Crippen molar-refractivity contribution in [1.82, 2.24) is 20.4 Å². The summed E-state index contributed by atoms with van der Waals surface area (Å²) in [6, 6.07) is -0.229. The van der Waals surface area contributed by atoms with Crippen molar-refractivity contribution in [3.63, 3.8) is 0 Å². The van der Waals surface area contributed by atoms with Gasteiger partial charge in [-0.15, -0.1) is 0 Å². The van der Waals surface area contributed by atoms with Crippen molar-refractivity contribution in [2.75, 3.05) is 13.1 Å². The van der Waals surface area contributed by atoms with Crippen LogP contribution in [0.2, 0.25) is 0 Å². The number of aryl methyl sites for hydroxylation is 2. The largest absolute Gasteiger partial charge is 0.388 e. The molecule has 0 saturated carbocycles. The highest BCUT2D eigenvalue weighted by atomic mass is 16.3. The van der Waals surface area contributed by atoms with Gasteiger partial charge in [0, 0.05) is 25.8 Å². The molecule has 0 fully saturated rings. The van der Waals surface area contributed by atoms with E-state index in [0.29, 0.717) is 6.54 Å². The van der Waals surface area contributed by atoms with Crippen molar-refractivity contribution in [2.45, 2.75) is 59.5 Å². The second-order valence-corrected chi connectivity index (χ2v) is 6.65. The van der Waals surface area contributed by atoms with Crippen LogP contribution in [0.15, 0.2) is 0 Å². The van der Waals surface area contributed by atoms with Crippen LogP contribution in [0.3, 0.4) is 0 Å². The third-order valence-corrected chi connectivity index (χ3v) is 4.83. The minimum Gasteiger partial charge on any atom is -0.388 e. The normalized spacial score (nSPS) is 15.1. The third-order valence-electron chi connectivity index (χ3n) is 4.83. The van der Waals surface area contributed by atoms with E-state index < -0.39 is 5.60 Å². The van der Waals surface area contributed by atoms with Crippen LogP contribution in [0.25, 0.3) is 0 Å². The van der Waals surface area contributed by atoms with Crippen LogP contribution in [-0.2, 0) is 13.5 Å². The zero-order valence-corrected chi connectivity index (χ0v) is 15.4. The molecule has 1 aromatic heterocycles. The van der Waals surface area contributed by atoms with Gasteiger partial charge in [-0.3, -0.25) is 4.68 Å². The number of carbonyl (C=O) groups is 1. The average Bonchev–Trinajstić information content (AvgIpc) is 2.74. The summed E-state index contributed by atoms with van der Waals surface area (Å²) in [7, 11) is 1.95. The van der Waals surface area contributed by atoms with Crippen molar-refractivity contribution < 1.29 is 9.90 Å². The zero-order valence-electron chi connectivity index (χ0n) is 15.4. The number of rotatable bonds is 8. The predicted octanol–water partition coefficient (Wildman–Crippen LogP) is 2.07. The fraction of sp³-hybridized carbons (Fsp3) is 0.765. The lowest BCUT2D eigenvalue weighted by molar-refractivity contribution is 0.00791. The zero-order chi connectivity index (χ0) is 17.6. The predicted molar refractivity (Wildman–Crippen MR) is 92.5 cm³/mol. The molecule has 0 aliphatic carbocycles. The van der Waals surface area contributed by atoms with Gasteiger partial charge in [-0.25, -0.2) is 4.79 Å². The number of aliphatic hydroxyl groups is 1. The van der Waals surface area contributed by atoms with E-state index >= 15 is 0 Å². The fourth-order valence-electron chi connectivity index (χ4n) is 2.58. The van der Waals surface area contributed by atoms with E-state index in [1.807, 2.05) is 32.5 Å². The molecule has 0 saturated heterocycles. The van der Waals surface area contributed by atoms with E-state index in [-0.39, 0.29) is 18.5 Å². The van der Waals surface area contributed by atoms with Crippen LogP contribution < -0.4 is 10.6 Å². The van der Waals surface area contributed by atoms with Crippen LogP contribution in [0.5, 0.6) is 0 Å². The van der Waals surface area contributed by atoms with Crippen molar-refractivity contribution in [2.24, 2.45) is 13.0 Å². The van der Waals surface area contributed by atoms with E-state index in [1.165, 1.54) is 11.3 Å². The Morgan fingerprint density at radius 2 is 2.04 bits per heavy atom. The van der Waals surface area contributed by atoms with Crippen molar-refractivity contribution >= 4 is 6.03 Å². The molecule has 6 heteroatoms. The SMILES string of the molecule is CCC(C)C(C)(O)CNC(=O)NCCCc1c(C)nn(C)c1C. The van der Waals surface area contributed by atoms with Crippen molar-refractivity contribution in [3.05, 3.63) is 17.0 Å². The summed E-state index contributed by atoms with van der Waals surface area (Å²) in [5, 5.41) is 20.2. The average molecular weight is 324 g/mol. The minimum absolute atomic E-state index is 0.138. The topological polar surface area (TPSA) is 79.2 Å². The minimum atomic E-state index is -0.879. The van der Waals surface area contributed by atoms with E-state index in [9.17, 15) is 9.90 Å². The summed E-state index contributed by atoms with van der Waals surface area (Å²) in [6.45, 7) is 10.7. The fourth-order valence-corrected chi connectivity index (χ4v) is 2.58. The lowest BCUT2D eigenvalue weighted by atomic mass is 9.89. The molecule has 0 aliphatic rings. The summed E-state index contributed by atoms with van der Waals surface area (Å²) in [4.78, 5) is 11.8. The van der Waals surface area contributed by atoms with Gasteiger partial charge in [0.2, 0.25) is 0 Å². The maximum Gasteiger partial charge on any atom is 0.314 e. The van der Waals surface area contributed by atoms with Crippen LogP contribution in [0.1, 0.15) is 50.6 Å². The number of amides is 2. The first-order valence-electron chi connectivity index (χ1n) is 8.42. The second kappa shape index (κ2) is 8.34. The van der Waals surface area contributed by atoms with Crippen molar-refractivity contribution in [3.8, 4) is 0 Å². The first kappa shape index (κ1) is 19.5. The molecule has 0 radical (unpaired) electrons. The first-order valence-corrected chi connectivity index (χ1v) is 8.42. The molecule has 0 bridgehead atoms. The molecular formula is C17H32N4O2. The van der Waals surface area contributed by atoms with Gasteiger partial charge in [-0.2, -0.15) is 5.10 Å². The quantitative estimate of drug-likeness (QED) is 0.641. The number of carbonyl (C=O) groups excluding carboxylic acids is 1. The molecule has 23 heavy (non-hydrogen) atoms. The number of nitrogens with zero attached hydrogens (tertiary/aromatic N) is 2. The molecule has 2 atom stereocenters. The maximum atomic E-state index is 11.8. The Morgan fingerprint density at radius 3 is 2.57 bits per heavy atom. The molecule has 2 amide bonds. The molecule has 132 valence electrons. The highest BCUT2D eigenvalue weighted by Gasteiger charge is 2.27. The molecule has 2 unspecified atom stereocenters. The number of hydrogen-bond donors (Lipinski definition) is 3. The van der Waals surface area contributed by atoms with E-state index in [4.69, 9.17) is 0 Å². The van der Waals surface area contributed by atoms with Gasteiger partial charge in [-0.1, -0.05) is 20.3 Å². The molecule has 3 N–H and O–H groups in total. The van der Waals surface area contributed by atoms with Crippen LogP contribution in [-0.4, -0.2) is 39.6 Å². The Balaban J connectivity index is 2.29. The number of urea groups is 1. The van der Waals surface area contributed by atoms with Gasteiger partial charge < -0.3 is 15.7 Å². The van der Waals surface area contributed by atoms with Gasteiger partial charge in [0.25, 0.3) is 0 Å². The number of nitrogens with one attached hydrogen (secondary N) is 2. The standard InChI is InChI=1S/C17H32N4O2/c1-7-12(2)17(5,23)11-19-16(22)18-10-8-9-15-13(3)20-21(6)14(15)4/h12,23H,7-11H2,1-6H3,(H2,18,19,22). The summed E-state index contributed by atoms with van der Waals surface area (Å²) in [5.41, 5.74) is 2.61. The van der Waals surface area contributed by atoms with Crippen molar-refractivity contribution in [1.29, 1.82) is 0 Å². The molecule has 1 rings (SSSR count). The smallest absolute Gasteiger partial charge is 0.314 e. The highest BCUT2D eigenvalue weighted by Crippen LogP contribution is 2.18. The molecule has 0 aromatic carbocycles. The van der Waals surface area contributed by atoms with Crippen LogP contribution in [0.4, 0.5) is 4.79 Å². The Kier molecular flexibility index (Phi) is 7.06. The molecule has 0 aliphatic heterocycles. The lowest BCUT2D eigenvalue weighted by Crippen LogP contribution is -2.48. The molecule has 0 spiro atoms. The van der Waals surface area contributed by atoms with Gasteiger partial charge in [0.05, 0.1) is 11.3 Å². The Labute approximate surface area is 139 Å². The summed E-state index contributed by atoms with van der Waals surface area (Å²) in [5.74, 6) is 0.138. The summed E-state index contributed by atoms with van der Waals surface area (Å²) in [6.07, 6.45) is 2.64. The number of hydrogen-bond acceptors (Lipinski definition) is 3. The highest BCUT2D eigenvalue weighted by molar-refractivity contribution is 5.73. The molecule has 1 aromatic rings. The third kappa shape index (κ3) is 5.53. The maximum absolute atomic E-state index is 11.8. The van der Waals surface area contributed by atoms with Gasteiger partial charge in [0.15, 0.2) is 0 Å². The van der Waals surface area contributed by atoms with Crippen LogP contribution in [0, 0.1) is 19.8 Å². The Morgan fingerprint density at radius 1 is 1.39 bits per heavy atom.